The Labute approximate surface area is 160 Å². The summed E-state index contributed by atoms with van der Waals surface area (Å²) in [5.41, 5.74) is 2.08. The van der Waals surface area contributed by atoms with E-state index in [1.54, 1.807) is 11.8 Å². The number of benzene rings is 2. The lowest BCUT2D eigenvalue weighted by Gasteiger charge is -2.35. The number of likely N-dealkylation sites (N-methyl/N-ethyl adjacent to an activating group) is 1. The minimum absolute atomic E-state index is 0.0307. The number of anilines is 2. The normalized spacial score (nSPS) is 16.3. The first kappa shape index (κ1) is 18.8. The van der Waals surface area contributed by atoms with Crippen LogP contribution in [0.1, 0.15) is 13.8 Å². The molecule has 1 fully saturated rings. The Bertz CT molecular complexity index is 697. The van der Waals surface area contributed by atoms with Gasteiger partial charge in [-0.15, -0.1) is 11.8 Å². The van der Waals surface area contributed by atoms with Crippen LogP contribution >= 0.6 is 11.8 Å². The van der Waals surface area contributed by atoms with Crippen LogP contribution < -0.4 is 10.2 Å². The number of hydrogen-bond donors (Lipinski definition) is 1. The standard InChI is InChI=1S/C21H27N3OS/c1-3-23-13-15-24(16-14-23)19-11-9-18(10-12-19)22-21(25)17(2)26-20-7-5-4-6-8-20/h4-12,17H,3,13-16H2,1-2H3,(H,22,25)/t17-/m1/s1. The molecule has 0 aromatic heterocycles. The SMILES string of the molecule is CCN1CCN(c2ccc(NC(=O)[C@@H](C)Sc3ccccc3)cc2)CC1. The van der Waals surface area contributed by atoms with Crippen LogP contribution in [-0.4, -0.2) is 48.8 Å². The smallest absolute Gasteiger partial charge is 0.237 e. The van der Waals surface area contributed by atoms with E-state index in [1.165, 1.54) is 5.69 Å². The summed E-state index contributed by atoms with van der Waals surface area (Å²) in [5.74, 6) is 0.0307. The minimum atomic E-state index is -0.140. The van der Waals surface area contributed by atoms with Crippen LogP contribution in [-0.2, 0) is 4.79 Å². The van der Waals surface area contributed by atoms with E-state index in [1.807, 2.05) is 49.4 Å². The zero-order valence-corrected chi connectivity index (χ0v) is 16.3. The van der Waals surface area contributed by atoms with Crippen molar-refractivity contribution in [3.05, 3.63) is 54.6 Å². The maximum absolute atomic E-state index is 12.4. The van der Waals surface area contributed by atoms with Gasteiger partial charge in [-0.3, -0.25) is 4.79 Å². The largest absolute Gasteiger partial charge is 0.369 e. The van der Waals surface area contributed by atoms with Crippen molar-refractivity contribution in [2.75, 3.05) is 42.9 Å². The number of thioether (sulfide) groups is 1. The average Bonchev–Trinajstić information content (AvgIpc) is 2.69. The molecule has 0 radical (unpaired) electrons. The number of hydrogen-bond acceptors (Lipinski definition) is 4. The van der Waals surface area contributed by atoms with E-state index in [0.717, 1.165) is 43.3 Å². The van der Waals surface area contributed by atoms with Crippen molar-refractivity contribution in [3.8, 4) is 0 Å². The number of nitrogens with one attached hydrogen (secondary N) is 1. The van der Waals surface area contributed by atoms with Crippen LogP contribution in [0.4, 0.5) is 11.4 Å². The third kappa shape index (κ3) is 5.02. The van der Waals surface area contributed by atoms with Crippen molar-refractivity contribution >= 4 is 29.0 Å². The molecule has 4 nitrogen and oxygen atoms in total. The average molecular weight is 370 g/mol. The zero-order valence-electron chi connectivity index (χ0n) is 15.5. The molecule has 0 bridgehead atoms. The summed E-state index contributed by atoms with van der Waals surface area (Å²) < 4.78 is 0. The molecule has 26 heavy (non-hydrogen) atoms. The molecule has 1 heterocycles. The number of carbonyl (C=O) groups excluding carboxylic acids is 1. The van der Waals surface area contributed by atoms with E-state index in [2.05, 4.69) is 34.2 Å². The van der Waals surface area contributed by atoms with E-state index in [-0.39, 0.29) is 11.2 Å². The molecule has 2 aromatic carbocycles. The fraction of sp³-hybridized carbons (Fsp3) is 0.381. The van der Waals surface area contributed by atoms with Crippen molar-refractivity contribution < 1.29 is 4.79 Å². The number of amides is 1. The molecule has 1 atom stereocenters. The Balaban J connectivity index is 1.53. The first-order chi connectivity index (χ1) is 12.7. The molecule has 138 valence electrons. The van der Waals surface area contributed by atoms with E-state index in [0.29, 0.717) is 0 Å². The molecule has 1 saturated heterocycles. The summed E-state index contributed by atoms with van der Waals surface area (Å²) in [4.78, 5) is 18.4. The Hall–Kier alpha value is -1.98. The van der Waals surface area contributed by atoms with Crippen molar-refractivity contribution in [1.82, 2.24) is 4.90 Å². The van der Waals surface area contributed by atoms with Gasteiger partial charge >= 0.3 is 0 Å². The van der Waals surface area contributed by atoms with Gasteiger partial charge in [-0.2, -0.15) is 0 Å². The van der Waals surface area contributed by atoms with Crippen molar-refractivity contribution in [1.29, 1.82) is 0 Å². The maximum Gasteiger partial charge on any atom is 0.237 e. The van der Waals surface area contributed by atoms with Crippen molar-refractivity contribution in [3.63, 3.8) is 0 Å². The fourth-order valence-corrected chi connectivity index (χ4v) is 3.97. The third-order valence-corrected chi connectivity index (χ3v) is 5.86. The molecule has 1 aliphatic rings. The lowest BCUT2D eigenvalue weighted by atomic mass is 10.2. The van der Waals surface area contributed by atoms with E-state index in [9.17, 15) is 4.79 Å². The Morgan fingerprint density at radius 2 is 1.69 bits per heavy atom. The number of rotatable bonds is 6. The molecule has 0 spiro atoms. The van der Waals surface area contributed by atoms with Crippen molar-refractivity contribution in [2.24, 2.45) is 0 Å². The van der Waals surface area contributed by atoms with E-state index < -0.39 is 0 Å². The topological polar surface area (TPSA) is 35.6 Å². The van der Waals surface area contributed by atoms with E-state index in [4.69, 9.17) is 0 Å². The number of nitrogens with zero attached hydrogens (tertiary/aromatic N) is 2. The van der Waals surface area contributed by atoms with Gasteiger partial charge in [0.2, 0.25) is 5.91 Å². The Kier molecular flexibility index (Phi) is 6.58. The second-order valence-electron chi connectivity index (χ2n) is 6.53. The Morgan fingerprint density at radius 1 is 1.04 bits per heavy atom. The summed E-state index contributed by atoms with van der Waals surface area (Å²) in [6.07, 6.45) is 0. The summed E-state index contributed by atoms with van der Waals surface area (Å²) in [7, 11) is 0. The van der Waals surface area contributed by atoms with Gasteiger partial charge in [0.05, 0.1) is 5.25 Å². The first-order valence-corrected chi connectivity index (χ1v) is 10.1. The molecule has 2 aromatic rings. The predicted octanol–water partition coefficient (Wildman–Crippen LogP) is 3.95. The van der Waals surface area contributed by atoms with Crippen LogP contribution in [0.5, 0.6) is 0 Å². The third-order valence-electron chi connectivity index (χ3n) is 4.74. The highest BCUT2D eigenvalue weighted by Gasteiger charge is 2.17. The quantitative estimate of drug-likeness (QED) is 0.782. The van der Waals surface area contributed by atoms with Crippen LogP contribution in [0.25, 0.3) is 0 Å². The highest BCUT2D eigenvalue weighted by molar-refractivity contribution is 8.00. The Morgan fingerprint density at radius 3 is 2.31 bits per heavy atom. The predicted molar refractivity (Wildman–Crippen MR) is 111 cm³/mol. The fourth-order valence-electron chi connectivity index (χ4n) is 3.08. The number of carbonyl (C=O) groups is 1. The van der Waals surface area contributed by atoms with Gasteiger partial charge < -0.3 is 15.1 Å². The van der Waals surface area contributed by atoms with Gasteiger partial charge in [0.1, 0.15) is 0 Å². The minimum Gasteiger partial charge on any atom is -0.369 e. The van der Waals surface area contributed by atoms with Crippen LogP contribution in [0.2, 0.25) is 0 Å². The number of piperazine rings is 1. The lowest BCUT2D eigenvalue weighted by molar-refractivity contribution is -0.115. The molecule has 3 rings (SSSR count). The van der Waals surface area contributed by atoms with Gasteiger partial charge in [-0.1, -0.05) is 25.1 Å². The molecule has 1 N–H and O–H groups in total. The molecule has 0 saturated carbocycles. The maximum atomic E-state index is 12.4. The summed E-state index contributed by atoms with van der Waals surface area (Å²) >= 11 is 1.57. The van der Waals surface area contributed by atoms with Gasteiger partial charge in [0.25, 0.3) is 0 Å². The summed E-state index contributed by atoms with van der Waals surface area (Å²) in [6, 6.07) is 18.2. The van der Waals surface area contributed by atoms with E-state index >= 15 is 0 Å². The molecular formula is C21H27N3OS. The first-order valence-electron chi connectivity index (χ1n) is 9.25. The summed E-state index contributed by atoms with van der Waals surface area (Å²) in [5, 5.41) is 2.88. The van der Waals surface area contributed by atoms with Crippen LogP contribution in [0, 0.1) is 0 Å². The highest BCUT2D eigenvalue weighted by Crippen LogP contribution is 2.24. The molecular weight excluding hydrogens is 342 g/mol. The summed E-state index contributed by atoms with van der Waals surface area (Å²) in [6.45, 7) is 9.62. The zero-order chi connectivity index (χ0) is 18.4. The molecule has 1 aliphatic heterocycles. The molecule has 1 amide bonds. The van der Waals surface area contributed by atoms with Crippen LogP contribution in [0.15, 0.2) is 59.5 Å². The van der Waals surface area contributed by atoms with Gasteiger partial charge in [-0.05, 0) is 49.9 Å². The second kappa shape index (κ2) is 9.10. The highest BCUT2D eigenvalue weighted by atomic mass is 32.2. The van der Waals surface area contributed by atoms with Gasteiger partial charge in [0.15, 0.2) is 0 Å². The molecule has 0 aliphatic carbocycles. The second-order valence-corrected chi connectivity index (χ2v) is 7.94. The van der Waals surface area contributed by atoms with Gasteiger partial charge in [0, 0.05) is 42.4 Å². The van der Waals surface area contributed by atoms with Gasteiger partial charge in [-0.25, -0.2) is 0 Å². The lowest BCUT2D eigenvalue weighted by Crippen LogP contribution is -2.46. The van der Waals surface area contributed by atoms with Crippen molar-refractivity contribution in [2.45, 2.75) is 24.0 Å². The molecule has 5 heteroatoms. The van der Waals surface area contributed by atoms with Crippen LogP contribution in [0.3, 0.4) is 0 Å². The molecule has 0 unspecified atom stereocenters. The monoisotopic (exact) mass is 369 g/mol.